The number of rotatable bonds is 1. The van der Waals surface area contributed by atoms with Crippen molar-refractivity contribution in [1.82, 2.24) is 0 Å². The van der Waals surface area contributed by atoms with E-state index in [0.717, 1.165) is 23.7 Å². The molecule has 1 spiro atoms. The van der Waals surface area contributed by atoms with Gasteiger partial charge in [-0.25, -0.2) is 0 Å². The molecule has 1 heterocycles. The molecule has 1 nitrogen and oxygen atoms in total. The lowest BCUT2D eigenvalue weighted by Gasteiger charge is -2.60. The molecule has 0 atom stereocenters. The molecule has 1 aliphatic heterocycles. The lowest BCUT2D eigenvalue weighted by molar-refractivity contribution is -0.128. The van der Waals surface area contributed by atoms with Gasteiger partial charge in [0, 0.05) is 22.8 Å². The van der Waals surface area contributed by atoms with Gasteiger partial charge in [0.25, 0.3) is 0 Å². The van der Waals surface area contributed by atoms with Gasteiger partial charge in [-0.2, -0.15) is 0 Å². The van der Waals surface area contributed by atoms with Crippen LogP contribution in [0.2, 0.25) is 0 Å². The predicted molar refractivity (Wildman–Crippen MR) is 107 cm³/mol. The Morgan fingerprint density at radius 1 is 0.962 bits per heavy atom. The van der Waals surface area contributed by atoms with E-state index in [-0.39, 0.29) is 5.60 Å². The lowest BCUT2D eigenvalue weighted by atomic mass is 9.49. The fraction of sp³-hybridized carbons (Fsp3) is 0.520. The van der Waals surface area contributed by atoms with Crippen molar-refractivity contribution < 1.29 is 4.74 Å². The Labute approximate surface area is 156 Å². The van der Waals surface area contributed by atoms with Crippen LogP contribution < -0.4 is 4.74 Å². The van der Waals surface area contributed by atoms with Crippen LogP contribution in [0.1, 0.15) is 63.0 Å². The van der Waals surface area contributed by atoms with E-state index in [2.05, 4.69) is 56.3 Å². The first-order valence-electron chi connectivity index (χ1n) is 10.6. The van der Waals surface area contributed by atoms with Crippen LogP contribution in [0.3, 0.4) is 0 Å². The number of hydrogen-bond donors (Lipinski definition) is 0. The second-order valence-corrected chi connectivity index (χ2v) is 9.68. The first kappa shape index (κ1) is 15.3. The first-order chi connectivity index (χ1) is 12.6. The molecule has 0 N–H and O–H groups in total. The predicted octanol–water partition coefficient (Wildman–Crippen LogP) is 6.56. The summed E-state index contributed by atoms with van der Waals surface area (Å²) in [6.45, 7) is 4.59. The molecule has 0 unspecified atom stereocenters. The van der Waals surface area contributed by atoms with Crippen molar-refractivity contribution in [3.05, 3.63) is 47.5 Å². The van der Waals surface area contributed by atoms with Gasteiger partial charge in [0.1, 0.15) is 11.4 Å². The summed E-state index contributed by atoms with van der Waals surface area (Å²) in [5.41, 5.74) is 2.73. The molecule has 134 valence electrons. The molecule has 7 rings (SSSR count). The minimum Gasteiger partial charge on any atom is -0.481 e. The normalized spacial score (nSPS) is 36.7. The highest BCUT2D eigenvalue weighted by molar-refractivity contribution is 5.94. The molecule has 26 heavy (non-hydrogen) atoms. The van der Waals surface area contributed by atoms with Gasteiger partial charge >= 0.3 is 0 Å². The van der Waals surface area contributed by atoms with Gasteiger partial charge in [-0.1, -0.05) is 50.3 Å². The van der Waals surface area contributed by atoms with E-state index in [4.69, 9.17) is 4.74 Å². The van der Waals surface area contributed by atoms with Gasteiger partial charge in [0.2, 0.25) is 0 Å². The number of hydrogen-bond acceptors (Lipinski definition) is 1. The van der Waals surface area contributed by atoms with Gasteiger partial charge in [-0.05, 0) is 66.9 Å². The van der Waals surface area contributed by atoms with Gasteiger partial charge < -0.3 is 4.74 Å². The topological polar surface area (TPSA) is 9.23 Å². The van der Waals surface area contributed by atoms with E-state index in [1.807, 2.05) is 0 Å². The van der Waals surface area contributed by atoms with Crippen molar-refractivity contribution in [2.45, 2.75) is 57.5 Å². The third-order valence-corrected chi connectivity index (χ3v) is 7.90. The smallest absolute Gasteiger partial charge is 0.135 e. The molecule has 1 heteroatoms. The standard InChI is InChI=1S/C25H28O/c1-15(2)23-14-18-5-3-4-6-21(18)24-22(23)7-8-25(26-24)19-10-16-9-17(12-19)13-20(25)11-16/h3-8,14-17,19-20H,9-13H2,1-2H3. The number of ether oxygens (including phenoxy) is 1. The highest BCUT2D eigenvalue weighted by Crippen LogP contribution is 2.61. The maximum Gasteiger partial charge on any atom is 0.135 e. The molecule has 0 saturated heterocycles. The van der Waals surface area contributed by atoms with Gasteiger partial charge in [-0.3, -0.25) is 0 Å². The van der Waals surface area contributed by atoms with Crippen LogP contribution >= 0.6 is 0 Å². The Kier molecular flexibility index (Phi) is 3.03. The quantitative estimate of drug-likeness (QED) is 0.569. The Morgan fingerprint density at radius 2 is 1.65 bits per heavy atom. The molecule has 2 aromatic carbocycles. The molecule has 4 fully saturated rings. The summed E-state index contributed by atoms with van der Waals surface area (Å²) in [6, 6.07) is 11.2. The van der Waals surface area contributed by atoms with Crippen molar-refractivity contribution in [2.75, 3.05) is 0 Å². The van der Waals surface area contributed by atoms with Crippen LogP contribution in [-0.4, -0.2) is 5.60 Å². The van der Waals surface area contributed by atoms with Gasteiger partial charge in [-0.15, -0.1) is 0 Å². The van der Waals surface area contributed by atoms with E-state index < -0.39 is 0 Å². The molecule has 0 aromatic heterocycles. The highest BCUT2D eigenvalue weighted by Gasteiger charge is 2.58. The summed E-state index contributed by atoms with van der Waals surface area (Å²) < 4.78 is 7.11. The van der Waals surface area contributed by atoms with Gasteiger partial charge in [0.05, 0.1) is 0 Å². The monoisotopic (exact) mass is 344 g/mol. The summed E-state index contributed by atoms with van der Waals surface area (Å²) >= 11 is 0. The minimum absolute atomic E-state index is 0.0290. The largest absolute Gasteiger partial charge is 0.481 e. The SMILES string of the molecule is CC(C)c1cc2ccccc2c2c1C=CC1(O2)C2CC3CC(C2)CC1C3. The van der Waals surface area contributed by atoms with Crippen LogP contribution in [0.25, 0.3) is 16.8 Å². The molecule has 0 radical (unpaired) electrons. The fourth-order valence-corrected chi connectivity index (χ4v) is 6.89. The Hall–Kier alpha value is -1.76. The zero-order valence-corrected chi connectivity index (χ0v) is 15.9. The molecule has 4 aliphatic carbocycles. The van der Waals surface area contributed by atoms with Crippen molar-refractivity contribution >= 4 is 16.8 Å². The van der Waals surface area contributed by atoms with Crippen molar-refractivity contribution in [3.63, 3.8) is 0 Å². The lowest BCUT2D eigenvalue weighted by Crippen LogP contribution is -2.60. The summed E-state index contributed by atoms with van der Waals surface area (Å²) in [5, 5.41) is 2.62. The van der Waals surface area contributed by atoms with Crippen LogP contribution in [0, 0.1) is 23.7 Å². The van der Waals surface area contributed by atoms with Crippen LogP contribution in [0.4, 0.5) is 0 Å². The second kappa shape index (κ2) is 5.15. The maximum absolute atomic E-state index is 7.11. The Morgan fingerprint density at radius 3 is 2.35 bits per heavy atom. The van der Waals surface area contributed by atoms with Crippen LogP contribution in [0.15, 0.2) is 36.4 Å². The summed E-state index contributed by atoms with van der Waals surface area (Å²) in [6.07, 6.45) is 11.9. The van der Waals surface area contributed by atoms with E-state index >= 15 is 0 Å². The summed E-state index contributed by atoms with van der Waals surface area (Å²) in [5.74, 6) is 5.07. The minimum atomic E-state index is -0.0290. The maximum atomic E-state index is 7.11. The average Bonchev–Trinajstić information content (AvgIpc) is 2.64. The van der Waals surface area contributed by atoms with Crippen molar-refractivity contribution in [1.29, 1.82) is 0 Å². The molecule has 0 amide bonds. The Balaban J connectivity index is 1.55. The number of benzene rings is 2. The fourth-order valence-electron chi connectivity index (χ4n) is 6.89. The summed E-state index contributed by atoms with van der Waals surface area (Å²) in [7, 11) is 0. The van der Waals surface area contributed by atoms with Crippen molar-refractivity contribution in [3.8, 4) is 5.75 Å². The molecular weight excluding hydrogens is 316 g/mol. The molecule has 5 aliphatic rings. The average molecular weight is 344 g/mol. The summed E-state index contributed by atoms with van der Waals surface area (Å²) in [4.78, 5) is 0. The third kappa shape index (κ3) is 1.92. The van der Waals surface area contributed by atoms with Gasteiger partial charge in [0.15, 0.2) is 0 Å². The highest BCUT2D eigenvalue weighted by atomic mass is 16.5. The van der Waals surface area contributed by atoms with Crippen molar-refractivity contribution in [2.24, 2.45) is 23.7 Å². The number of fused-ring (bicyclic) bond motifs is 3. The first-order valence-corrected chi connectivity index (χ1v) is 10.6. The van der Waals surface area contributed by atoms with E-state index in [0.29, 0.717) is 5.92 Å². The van der Waals surface area contributed by atoms with Crippen LogP contribution in [-0.2, 0) is 0 Å². The van der Waals surface area contributed by atoms with Crippen LogP contribution in [0.5, 0.6) is 5.75 Å². The third-order valence-electron chi connectivity index (χ3n) is 7.90. The van der Waals surface area contributed by atoms with E-state index in [1.54, 1.807) is 0 Å². The Bertz CT molecular complexity index is 891. The second-order valence-electron chi connectivity index (χ2n) is 9.68. The molecule has 2 aromatic rings. The molecule has 4 bridgehead atoms. The van der Waals surface area contributed by atoms with E-state index in [1.165, 1.54) is 59.8 Å². The molecule has 4 saturated carbocycles. The van der Waals surface area contributed by atoms with E-state index in [9.17, 15) is 0 Å². The zero-order chi connectivity index (χ0) is 17.5. The zero-order valence-electron chi connectivity index (χ0n) is 15.9. The molecular formula is C25H28O.